The second kappa shape index (κ2) is 26.0. The van der Waals surface area contributed by atoms with Gasteiger partial charge in [0.05, 0.1) is 42.3 Å². The van der Waals surface area contributed by atoms with E-state index in [4.69, 9.17) is 14.2 Å². The topological polar surface area (TPSA) is 234 Å². The normalized spacial score (nSPS) is 19.2. The summed E-state index contributed by atoms with van der Waals surface area (Å²) in [5.41, 5.74) is 4.84. The van der Waals surface area contributed by atoms with Gasteiger partial charge in [0.15, 0.2) is 6.10 Å². The number of hydrogen-bond acceptors (Lipinski definition) is 13. The molecule has 1 aliphatic heterocycles. The van der Waals surface area contributed by atoms with Crippen molar-refractivity contribution in [1.82, 2.24) is 15.2 Å². The van der Waals surface area contributed by atoms with E-state index in [0.29, 0.717) is 90.8 Å². The van der Waals surface area contributed by atoms with Crippen LogP contribution >= 0.6 is 0 Å². The zero-order valence-electron chi connectivity index (χ0n) is 39.9. The number of rotatable bonds is 25. The predicted octanol–water partition coefficient (Wildman–Crippen LogP) is 6.13. The minimum Gasteiger partial charge on any atom is -0.451 e. The average Bonchev–Trinajstić information content (AvgIpc) is 3.89. The Morgan fingerprint density at radius 3 is 2.37 bits per heavy atom. The zero-order chi connectivity index (χ0) is 49.3. The molecule has 0 spiro atoms. The molecular weight excluding hydrogens is 873 g/mol. The number of aryl methyl sites for hydroxylation is 2. The number of aliphatic hydroxyl groups excluding tert-OH is 3. The fourth-order valence-corrected chi connectivity index (χ4v) is 8.82. The van der Waals surface area contributed by atoms with E-state index in [1.54, 1.807) is 26.0 Å². The maximum atomic E-state index is 13.1. The van der Waals surface area contributed by atoms with Gasteiger partial charge in [-0.15, -0.1) is 0 Å². The molecule has 6 atom stereocenters. The molecule has 16 nitrogen and oxygen atoms in total. The Bertz CT molecular complexity index is 2280. The monoisotopic (exact) mass is 940 g/mol. The van der Waals surface area contributed by atoms with Crippen molar-refractivity contribution in [2.45, 2.75) is 130 Å². The highest BCUT2D eigenvalue weighted by molar-refractivity contribution is 6.35. The molecule has 1 aromatic heterocycles. The van der Waals surface area contributed by atoms with E-state index in [-0.39, 0.29) is 42.2 Å². The van der Waals surface area contributed by atoms with E-state index in [1.165, 1.54) is 19.1 Å². The lowest BCUT2D eigenvalue weighted by atomic mass is 9.85. The molecule has 6 N–H and O–H groups in total. The molecule has 16 heteroatoms. The number of unbranched alkanes of at least 4 members (excludes halogenated alkanes) is 1. The SMILES string of the molecule is CCN(CC)CCNC(=O)c1c(C)[nH]c(/C=C2\C(=O)Nc3ccc(OC(=O)CCC(=O)OC(C)C(=O)OC(=O)CCC/C=C\C[C@H]4[C@H](CC[C@H](O)CCc5ccccc5)[C@@H](O)C[C@H]4O)cc32)c1C. The Kier molecular flexibility index (Phi) is 20.3. The van der Waals surface area contributed by atoms with E-state index < -0.39 is 54.7 Å². The summed E-state index contributed by atoms with van der Waals surface area (Å²) in [6.07, 6.45) is 5.63. The molecule has 3 aromatic rings. The lowest BCUT2D eigenvalue weighted by Gasteiger charge is -2.23. The number of aromatic nitrogens is 1. The number of carbonyl (C=O) groups excluding carboxylic acids is 6. The van der Waals surface area contributed by atoms with Crippen LogP contribution in [0.5, 0.6) is 5.75 Å². The first-order valence-corrected chi connectivity index (χ1v) is 23.8. The smallest absolute Gasteiger partial charge is 0.354 e. The highest BCUT2D eigenvalue weighted by atomic mass is 16.6. The Morgan fingerprint density at radius 1 is 0.912 bits per heavy atom. The zero-order valence-corrected chi connectivity index (χ0v) is 39.9. The summed E-state index contributed by atoms with van der Waals surface area (Å²) >= 11 is 0. The van der Waals surface area contributed by atoms with Gasteiger partial charge in [-0.2, -0.15) is 0 Å². The summed E-state index contributed by atoms with van der Waals surface area (Å²) in [7, 11) is 0. The first-order valence-electron chi connectivity index (χ1n) is 23.8. The lowest BCUT2D eigenvalue weighted by molar-refractivity contribution is -0.173. The van der Waals surface area contributed by atoms with Gasteiger partial charge >= 0.3 is 23.9 Å². The third-order valence-electron chi connectivity index (χ3n) is 12.8. The number of amides is 2. The van der Waals surface area contributed by atoms with Gasteiger partial charge < -0.3 is 50.0 Å². The van der Waals surface area contributed by atoms with E-state index in [9.17, 15) is 44.1 Å². The standard InChI is InChI=1S/C52H68N4O12/c1-6-56(7-2)28-27-53-51(64)49-32(3)43(54-33(49)4)30-41-40-29-37(22-24-42(40)55-50(41)63)67-48(62)26-25-47(61)66-34(5)52(65)68-46(60)18-14-9-8-13-17-38-39(45(59)31-44(38)58)23-21-36(57)20-19-35-15-11-10-12-16-35/h8,10-13,15-16,22,24,29-30,34,36,38-39,44-45,54,57-59H,6-7,9,14,17-21,23,25-28,31H2,1-5H3,(H,53,64)(H,55,63)/b13-8-,41-30-/t34?,36-,38+,39+,44-,45+/m1/s1. The molecule has 0 radical (unpaired) electrons. The molecular formula is C52H68N4O12. The summed E-state index contributed by atoms with van der Waals surface area (Å²) < 4.78 is 15.4. The third kappa shape index (κ3) is 15.3. The van der Waals surface area contributed by atoms with Crippen molar-refractivity contribution in [3.63, 3.8) is 0 Å². The molecule has 5 rings (SSSR count). The predicted molar refractivity (Wildman–Crippen MR) is 256 cm³/mol. The van der Waals surface area contributed by atoms with E-state index in [1.807, 2.05) is 42.5 Å². The van der Waals surface area contributed by atoms with Crippen molar-refractivity contribution in [2.75, 3.05) is 31.5 Å². The second-order valence-corrected chi connectivity index (χ2v) is 17.6. The van der Waals surface area contributed by atoms with Crippen LogP contribution in [0.15, 0.2) is 60.7 Å². The number of likely N-dealkylation sites (N-methyl/N-ethyl adjacent to an activating group) is 1. The second-order valence-electron chi connectivity index (χ2n) is 17.6. The number of nitrogens with one attached hydrogen (secondary N) is 3. The fourth-order valence-electron chi connectivity index (χ4n) is 8.82. The molecule has 1 unspecified atom stereocenters. The summed E-state index contributed by atoms with van der Waals surface area (Å²) in [6, 6.07) is 14.6. The number of anilines is 1. The Balaban J connectivity index is 0.998. The molecule has 2 heterocycles. The minimum absolute atomic E-state index is 0.0659. The Morgan fingerprint density at radius 2 is 1.63 bits per heavy atom. The molecule has 368 valence electrons. The number of fused-ring (bicyclic) bond motifs is 1. The lowest BCUT2D eigenvalue weighted by Crippen LogP contribution is -2.35. The van der Waals surface area contributed by atoms with Crippen molar-refractivity contribution < 1.29 is 58.3 Å². The number of esters is 4. The van der Waals surface area contributed by atoms with Crippen LogP contribution in [0.25, 0.3) is 11.6 Å². The number of aromatic amines is 1. The number of benzene rings is 2. The molecule has 1 saturated carbocycles. The van der Waals surface area contributed by atoms with Crippen LogP contribution in [0.4, 0.5) is 5.69 Å². The first kappa shape index (κ1) is 53.0. The van der Waals surface area contributed by atoms with Gasteiger partial charge in [-0.05, 0) is 132 Å². The molecule has 2 amide bonds. The third-order valence-corrected chi connectivity index (χ3v) is 12.8. The number of ether oxygens (including phenoxy) is 3. The fraction of sp³-hybridized carbons (Fsp3) is 0.500. The van der Waals surface area contributed by atoms with Crippen LogP contribution in [-0.4, -0.2) is 111 Å². The van der Waals surface area contributed by atoms with E-state index in [2.05, 4.69) is 34.4 Å². The molecule has 1 fully saturated rings. The maximum absolute atomic E-state index is 13.1. The van der Waals surface area contributed by atoms with E-state index in [0.717, 1.165) is 31.6 Å². The quantitative estimate of drug-likeness (QED) is 0.0140. The molecule has 1 aliphatic carbocycles. The molecule has 68 heavy (non-hydrogen) atoms. The van der Waals surface area contributed by atoms with Gasteiger partial charge in [0.2, 0.25) is 0 Å². The van der Waals surface area contributed by atoms with Crippen molar-refractivity contribution in [2.24, 2.45) is 11.8 Å². The number of nitrogens with zero attached hydrogens (tertiary/aromatic N) is 1. The highest BCUT2D eigenvalue weighted by Crippen LogP contribution is 2.39. The number of carbonyl (C=O) groups is 6. The number of H-pyrrole nitrogens is 1. The Labute approximate surface area is 398 Å². The van der Waals surface area contributed by atoms with Gasteiger partial charge in [-0.25, -0.2) is 4.79 Å². The summed E-state index contributed by atoms with van der Waals surface area (Å²) in [5, 5.41) is 37.6. The van der Waals surface area contributed by atoms with Crippen LogP contribution in [0.3, 0.4) is 0 Å². The number of aliphatic hydroxyl groups is 3. The number of allylic oxidation sites excluding steroid dienone is 2. The summed E-state index contributed by atoms with van der Waals surface area (Å²) in [5.74, 6) is -4.23. The van der Waals surface area contributed by atoms with Gasteiger partial charge in [0.25, 0.3) is 11.8 Å². The molecule has 0 saturated heterocycles. The van der Waals surface area contributed by atoms with Gasteiger partial charge in [0, 0.05) is 42.1 Å². The first-order chi connectivity index (χ1) is 32.6. The van der Waals surface area contributed by atoms with Crippen LogP contribution < -0.4 is 15.4 Å². The van der Waals surface area contributed by atoms with E-state index >= 15 is 0 Å². The number of hydrogen-bond donors (Lipinski definition) is 6. The van der Waals surface area contributed by atoms with Crippen molar-refractivity contribution in [3.8, 4) is 5.75 Å². The maximum Gasteiger partial charge on any atom is 0.354 e. The average molecular weight is 941 g/mol. The van der Waals surface area contributed by atoms with Crippen LogP contribution in [-0.2, 0) is 39.9 Å². The molecule has 2 aromatic carbocycles. The van der Waals surface area contributed by atoms with Crippen molar-refractivity contribution in [3.05, 3.63) is 94.3 Å². The Hall–Kier alpha value is -5.94. The minimum atomic E-state index is -1.41. The van der Waals surface area contributed by atoms with Gasteiger partial charge in [-0.3, -0.25) is 24.0 Å². The van der Waals surface area contributed by atoms with Crippen LogP contribution in [0.1, 0.15) is 123 Å². The summed E-state index contributed by atoms with van der Waals surface area (Å²) in [4.78, 5) is 81.7. The van der Waals surface area contributed by atoms with Gasteiger partial charge in [0.1, 0.15) is 5.75 Å². The van der Waals surface area contributed by atoms with Crippen LogP contribution in [0, 0.1) is 25.7 Å². The largest absolute Gasteiger partial charge is 0.451 e. The molecule has 2 aliphatic rings. The van der Waals surface area contributed by atoms with Crippen molar-refractivity contribution in [1.29, 1.82) is 0 Å². The highest BCUT2D eigenvalue weighted by Gasteiger charge is 2.40. The van der Waals surface area contributed by atoms with Crippen LogP contribution in [0.2, 0.25) is 0 Å². The van der Waals surface area contributed by atoms with Crippen molar-refractivity contribution >= 4 is 53.0 Å². The summed E-state index contributed by atoms with van der Waals surface area (Å²) in [6.45, 7) is 12.0. The van der Waals surface area contributed by atoms with Gasteiger partial charge in [-0.1, -0.05) is 56.3 Å². The molecule has 0 bridgehead atoms.